The SMILES string of the molecule is C=C1CCC(N2Cc3c(OCc4ccc(Cn5cc(C(C)(C)C)nn5)cc4)cccc3C2=O)C(=O)N1. The van der Waals surface area contributed by atoms with Crippen LogP contribution in [0.25, 0.3) is 0 Å². The van der Waals surface area contributed by atoms with Gasteiger partial charge in [-0.2, -0.15) is 0 Å². The van der Waals surface area contributed by atoms with Crippen LogP contribution in [0.15, 0.2) is 60.9 Å². The molecule has 8 heteroatoms. The lowest BCUT2D eigenvalue weighted by atomic mass is 9.93. The molecule has 1 atom stereocenters. The summed E-state index contributed by atoms with van der Waals surface area (Å²) in [4.78, 5) is 27.2. The molecule has 2 aliphatic heterocycles. The lowest BCUT2D eigenvalue weighted by Gasteiger charge is -2.31. The normalized spacial score (nSPS) is 17.8. The molecule has 1 fully saturated rings. The monoisotopic (exact) mass is 485 g/mol. The van der Waals surface area contributed by atoms with Crippen LogP contribution >= 0.6 is 0 Å². The van der Waals surface area contributed by atoms with Gasteiger partial charge < -0.3 is 15.0 Å². The van der Waals surface area contributed by atoms with Gasteiger partial charge >= 0.3 is 0 Å². The van der Waals surface area contributed by atoms with E-state index in [4.69, 9.17) is 4.74 Å². The van der Waals surface area contributed by atoms with E-state index in [1.807, 2.05) is 35.1 Å². The molecular weight excluding hydrogens is 454 g/mol. The first kappa shape index (κ1) is 23.8. The fourth-order valence-electron chi connectivity index (χ4n) is 4.58. The van der Waals surface area contributed by atoms with E-state index >= 15 is 0 Å². The molecule has 3 aromatic rings. The maximum Gasteiger partial charge on any atom is 0.255 e. The van der Waals surface area contributed by atoms with Crippen LogP contribution in [0, 0.1) is 0 Å². The van der Waals surface area contributed by atoms with Crippen molar-refractivity contribution in [2.75, 3.05) is 0 Å². The smallest absolute Gasteiger partial charge is 0.255 e. The summed E-state index contributed by atoms with van der Waals surface area (Å²) < 4.78 is 7.99. The van der Waals surface area contributed by atoms with Crippen molar-refractivity contribution in [3.05, 3.63) is 88.9 Å². The van der Waals surface area contributed by atoms with E-state index in [0.717, 1.165) is 22.4 Å². The summed E-state index contributed by atoms with van der Waals surface area (Å²) in [5.41, 5.74) is 5.22. The highest BCUT2D eigenvalue weighted by atomic mass is 16.5. The van der Waals surface area contributed by atoms with Gasteiger partial charge in [0.05, 0.1) is 18.8 Å². The summed E-state index contributed by atoms with van der Waals surface area (Å²) in [5.74, 6) is 0.371. The lowest BCUT2D eigenvalue weighted by Crippen LogP contribution is -2.49. The number of fused-ring (bicyclic) bond motifs is 1. The van der Waals surface area contributed by atoms with Crippen LogP contribution in [0.3, 0.4) is 0 Å². The lowest BCUT2D eigenvalue weighted by molar-refractivity contribution is -0.126. The molecule has 0 radical (unpaired) electrons. The average Bonchev–Trinajstić information content (AvgIpc) is 3.44. The van der Waals surface area contributed by atoms with Gasteiger partial charge in [-0.3, -0.25) is 9.59 Å². The van der Waals surface area contributed by atoms with Gasteiger partial charge in [-0.05, 0) is 36.1 Å². The van der Waals surface area contributed by atoms with Gasteiger partial charge in [-0.25, -0.2) is 4.68 Å². The molecule has 2 aromatic carbocycles. The molecule has 2 amide bonds. The largest absolute Gasteiger partial charge is 0.489 e. The zero-order valence-electron chi connectivity index (χ0n) is 21.0. The minimum Gasteiger partial charge on any atom is -0.489 e. The van der Waals surface area contributed by atoms with Crippen molar-refractivity contribution < 1.29 is 14.3 Å². The number of carbonyl (C=O) groups excluding carboxylic acids is 2. The molecule has 0 spiro atoms. The molecule has 1 unspecified atom stereocenters. The minimum absolute atomic E-state index is 0.0311. The first-order valence-corrected chi connectivity index (χ1v) is 12.2. The van der Waals surface area contributed by atoms with Crippen molar-refractivity contribution in [2.45, 2.75) is 64.8 Å². The Kier molecular flexibility index (Phi) is 6.12. The molecule has 5 rings (SSSR count). The van der Waals surface area contributed by atoms with Crippen molar-refractivity contribution in [1.82, 2.24) is 25.2 Å². The number of aromatic nitrogens is 3. The predicted molar refractivity (Wildman–Crippen MR) is 135 cm³/mol. The Morgan fingerprint density at radius 3 is 2.56 bits per heavy atom. The Hall–Kier alpha value is -3.94. The molecule has 8 nitrogen and oxygen atoms in total. The van der Waals surface area contributed by atoms with Crippen molar-refractivity contribution in [1.29, 1.82) is 0 Å². The first-order valence-electron chi connectivity index (χ1n) is 12.2. The van der Waals surface area contributed by atoms with E-state index in [9.17, 15) is 9.59 Å². The van der Waals surface area contributed by atoms with Crippen molar-refractivity contribution >= 4 is 11.8 Å². The zero-order valence-corrected chi connectivity index (χ0v) is 21.0. The Labute approximate surface area is 210 Å². The molecule has 0 aliphatic carbocycles. The van der Waals surface area contributed by atoms with Gasteiger partial charge in [-0.15, -0.1) is 5.10 Å². The van der Waals surface area contributed by atoms with Crippen LogP contribution in [-0.4, -0.2) is 37.7 Å². The zero-order chi connectivity index (χ0) is 25.4. The van der Waals surface area contributed by atoms with Crippen LogP contribution in [0.5, 0.6) is 5.75 Å². The number of piperidine rings is 1. The van der Waals surface area contributed by atoms with E-state index in [0.29, 0.717) is 49.5 Å². The van der Waals surface area contributed by atoms with Crippen LogP contribution in [0.2, 0.25) is 0 Å². The minimum atomic E-state index is -0.486. The van der Waals surface area contributed by atoms with Crippen LogP contribution in [0.4, 0.5) is 0 Å². The van der Waals surface area contributed by atoms with Crippen LogP contribution < -0.4 is 10.1 Å². The number of benzene rings is 2. The first-order chi connectivity index (χ1) is 17.2. The van der Waals surface area contributed by atoms with E-state index in [-0.39, 0.29) is 17.2 Å². The fourth-order valence-corrected chi connectivity index (χ4v) is 4.58. The fraction of sp³-hybridized carbons (Fsp3) is 0.357. The van der Waals surface area contributed by atoms with Crippen molar-refractivity contribution in [2.24, 2.45) is 0 Å². The summed E-state index contributed by atoms with van der Waals surface area (Å²) in [6.45, 7) is 11.6. The van der Waals surface area contributed by atoms with Crippen LogP contribution in [0.1, 0.15) is 66.4 Å². The number of carbonyl (C=O) groups is 2. The van der Waals surface area contributed by atoms with E-state index in [1.165, 1.54) is 0 Å². The third-order valence-corrected chi connectivity index (χ3v) is 6.72. The summed E-state index contributed by atoms with van der Waals surface area (Å²) in [7, 11) is 0. The summed E-state index contributed by atoms with van der Waals surface area (Å²) in [5, 5.41) is 11.3. The molecule has 0 saturated carbocycles. The second-order valence-corrected chi connectivity index (χ2v) is 10.5. The summed E-state index contributed by atoms with van der Waals surface area (Å²) in [6, 6.07) is 13.2. The molecule has 186 valence electrons. The molecule has 2 aliphatic rings. The molecule has 1 saturated heterocycles. The number of hydrogen-bond acceptors (Lipinski definition) is 5. The van der Waals surface area contributed by atoms with Crippen molar-refractivity contribution in [3.8, 4) is 5.75 Å². The van der Waals surface area contributed by atoms with E-state index in [1.54, 1.807) is 11.0 Å². The highest BCUT2D eigenvalue weighted by Crippen LogP contribution is 2.34. The second kappa shape index (κ2) is 9.26. The quantitative estimate of drug-likeness (QED) is 0.571. The number of allylic oxidation sites excluding steroid dienone is 1. The topological polar surface area (TPSA) is 89.3 Å². The van der Waals surface area contributed by atoms with E-state index < -0.39 is 6.04 Å². The summed E-state index contributed by atoms with van der Waals surface area (Å²) >= 11 is 0. The number of amides is 2. The molecular formula is C28H31N5O3. The Morgan fingerprint density at radius 2 is 1.86 bits per heavy atom. The Balaban J connectivity index is 1.23. The molecule has 1 aromatic heterocycles. The predicted octanol–water partition coefficient (Wildman–Crippen LogP) is 3.95. The molecule has 36 heavy (non-hydrogen) atoms. The standard InChI is InChI=1S/C28H31N5O3/c1-18-8-13-23(26(34)29-18)33-15-22-21(27(33)35)6-5-7-24(22)36-17-20-11-9-19(10-12-20)14-32-16-25(30-31-32)28(2,3)4/h5-7,9-12,16,23H,1,8,13-15,17H2,2-4H3,(H,29,34). The highest BCUT2D eigenvalue weighted by Gasteiger charge is 2.39. The van der Waals surface area contributed by atoms with Gasteiger partial charge in [0.15, 0.2) is 0 Å². The molecule has 1 N–H and O–H groups in total. The highest BCUT2D eigenvalue weighted by molar-refractivity contribution is 6.02. The Morgan fingerprint density at radius 1 is 1.11 bits per heavy atom. The maximum atomic E-state index is 13.0. The van der Waals surface area contributed by atoms with Gasteiger partial charge in [0.25, 0.3) is 5.91 Å². The average molecular weight is 486 g/mol. The Bertz CT molecular complexity index is 1320. The molecule has 0 bridgehead atoms. The third-order valence-electron chi connectivity index (χ3n) is 6.72. The number of rotatable bonds is 6. The molecule has 3 heterocycles. The van der Waals surface area contributed by atoms with Gasteiger partial charge in [0.2, 0.25) is 5.91 Å². The number of nitrogens with zero attached hydrogens (tertiary/aromatic N) is 4. The third kappa shape index (κ3) is 4.76. The second-order valence-electron chi connectivity index (χ2n) is 10.5. The number of hydrogen-bond donors (Lipinski definition) is 1. The number of nitrogens with one attached hydrogen (secondary N) is 1. The van der Waals surface area contributed by atoms with E-state index in [2.05, 4.69) is 55.1 Å². The van der Waals surface area contributed by atoms with Gasteiger partial charge in [-0.1, -0.05) is 62.9 Å². The van der Waals surface area contributed by atoms with Crippen molar-refractivity contribution in [3.63, 3.8) is 0 Å². The van der Waals surface area contributed by atoms with Crippen LogP contribution in [-0.2, 0) is 29.9 Å². The maximum absolute atomic E-state index is 13.0. The summed E-state index contributed by atoms with van der Waals surface area (Å²) in [6.07, 6.45) is 3.24. The number of ether oxygens (including phenoxy) is 1. The van der Waals surface area contributed by atoms with Gasteiger partial charge in [0.1, 0.15) is 18.4 Å². The van der Waals surface area contributed by atoms with Gasteiger partial charge in [0, 0.05) is 28.4 Å².